The molecule has 8 heteroatoms. The number of hydrogen-bond donors (Lipinski definition) is 2. The average Bonchev–Trinajstić information content (AvgIpc) is 2.75. The number of nitrogens with zero attached hydrogens (tertiary/aromatic N) is 1. The van der Waals surface area contributed by atoms with Crippen molar-refractivity contribution in [2.24, 2.45) is 0 Å². The fourth-order valence-corrected chi connectivity index (χ4v) is 3.01. The summed E-state index contributed by atoms with van der Waals surface area (Å²) in [6.07, 6.45) is 3.51. The number of aromatic nitrogens is 1. The minimum Gasteiger partial charge on any atom is -0.502 e. The molecule has 0 unspecified atom stereocenters. The number of hydrogen-bond acceptors (Lipinski definition) is 4. The third-order valence-electron chi connectivity index (χ3n) is 4.11. The van der Waals surface area contributed by atoms with Crippen LogP contribution in [0.15, 0.2) is 79.1 Å². The van der Waals surface area contributed by atoms with Crippen molar-refractivity contribution in [3.05, 3.63) is 84.7 Å². The Morgan fingerprint density at radius 1 is 0.967 bits per heavy atom. The van der Waals surface area contributed by atoms with Crippen LogP contribution in [0.3, 0.4) is 0 Å². The predicted molar refractivity (Wildman–Crippen MR) is 115 cm³/mol. The number of anilines is 1. The van der Waals surface area contributed by atoms with E-state index in [-0.39, 0.29) is 16.5 Å². The van der Waals surface area contributed by atoms with Gasteiger partial charge in [0.2, 0.25) is 0 Å². The summed E-state index contributed by atoms with van der Waals surface area (Å²) in [7, 11) is 1.56. The number of halogens is 2. The Morgan fingerprint density at radius 2 is 1.57 bits per heavy atom. The normalized spacial score (nSPS) is 11.6. The van der Waals surface area contributed by atoms with Gasteiger partial charge in [0.25, 0.3) is 5.70 Å². The molecule has 0 aliphatic rings. The Kier molecular flexibility index (Phi) is 6.92. The number of nitrogens with one attached hydrogen (secondary N) is 1. The first-order valence-electron chi connectivity index (χ1n) is 8.88. The maximum atomic E-state index is 12.3. The van der Waals surface area contributed by atoms with E-state index in [4.69, 9.17) is 17.0 Å². The molecule has 154 valence electrons. The van der Waals surface area contributed by atoms with Gasteiger partial charge in [0.1, 0.15) is 11.5 Å². The monoisotopic (exact) mass is 429 g/mol. The van der Waals surface area contributed by atoms with Crippen molar-refractivity contribution >= 4 is 34.3 Å². The van der Waals surface area contributed by atoms with E-state index in [1.165, 1.54) is 12.1 Å². The maximum Gasteiger partial charge on any atom is 0.387 e. The van der Waals surface area contributed by atoms with Crippen LogP contribution in [-0.4, -0.2) is 23.8 Å². The highest BCUT2D eigenvalue weighted by Gasteiger charge is 2.23. The molecule has 1 aromatic heterocycles. The first kappa shape index (κ1) is 21.2. The van der Waals surface area contributed by atoms with E-state index in [1.54, 1.807) is 72.6 Å². The number of pyridine rings is 1. The van der Waals surface area contributed by atoms with E-state index >= 15 is 0 Å². The fourth-order valence-electron chi connectivity index (χ4n) is 2.69. The number of ether oxygens (including phenoxy) is 2. The van der Waals surface area contributed by atoms with Crippen LogP contribution in [0.5, 0.6) is 11.5 Å². The summed E-state index contributed by atoms with van der Waals surface area (Å²) in [6, 6.07) is 18.3. The Morgan fingerprint density at radius 3 is 2.13 bits per heavy atom. The summed E-state index contributed by atoms with van der Waals surface area (Å²) in [6.45, 7) is -2.89. The lowest BCUT2D eigenvalue weighted by Gasteiger charge is -2.11. The molecule has 0 amide bonds. The van der Waals surface area contributed by atoms with Crippen molar-refractivity contribution in [1.29, 1.82) is 0 Å². The van der Waals surface area contributed by atoms with E-state index in [2.05, 4.69) is 10.1 Å². The Hall–Kier alpha value is -3.52. The third kappa shape index (κ3) is 5.30. The van der Waals surface area contributed by atoms with Crippen LogP contribution in [0, 0.1) is 0 Å². The first-order valence-corrected chi connectivity index (χ1v) is 9.29. The van der Waals surface area contributed by atoms with Gasteiger partial charge < -0.3 is 19.9 Å². The Balaban J connectivity index is 1.93. The number of aliphatic hydroxyl groups excluding tert-OH is 1. The minimum atomic E-state index is -2.89. The van der Waals surface area contributed by atoms with Crippen LogP contribution in [-0.2, 0) is 0 Å². The maximum absolute atomic E-state index is 12.3. The fraction of sp³-hybridized carbons (Fsp3) is 0.0909. The third-order valence-corrected chi connectivity index (χ3v) is 4.41. The van der Waals surface area contributed by atoms with Gasteiger partial charge in [-0.15, -0.1) is 0 Å². The van der Waals surface area contributed by atoms with Crippen LogP contribution in [0.1, 0.15) is 5.56 Å². The number of rotatable bonds is 7. The highest BCUT2D eigenvalue weighted by atomic mass is 32.1. The molecule has 0 bridgehead atoms. The molecular formula is C22H19F2N2O3S+. The van der Waals surface area contributed by atoms with Gasteiger partial charge >= 0.3 is 6.61 Å². The minimum absolute atomic E-state index is 0.0377. The van der Waals surface area contributed by atoms with E-state index in [1.807, 2.05) is 6.07 Å². The number of thiocarbonyl (C=S) groups is 1. The number of aliphatic hydroxyl groups is 1. The highest BCUT2D eigenvalue weighted by molar-refractivity contribution is 7.81. The number of alkyl halides is 2. The lowest BCUT2D eigenvalue weighted by atomic mass is 10.1. The predicted octanol–water partition coefficient (Wildman–Crippen LogP) is 4.91. The molecule has 30 heavy (non-hydrogen) atoms. The summed E-state index contributed by atoms with van der Waals surface area (Å²) in [5.74, 6) is 0.659. The van der Waals surface area contributed by atoms with Crippen molar-refractivity contribution < 1.29 is 27.9 Å². The van der Waals surface area contributed by atoms with Crippen LogP contribution in [0.4, 0.5) is 14.5 Å². The highest BCUT2D eigenvalue weighted by Crippen LogP contribution is 2.23. The second-order valence-electron chi connectivity index (χ2n) is 6.07. The van der Waals surface area contributed by atoms with E-state index in [0.29, 0.717) is 22.7 Å². The van der Waals surface area contributed by atoms with Crippen molar-refractivity contribution in [2.75, 3.05) is 12.4 Å². The van der Waals surface area contributed by atoms with Gasteiger partial charge in [0.05, 0.1) is 7.11 Å². The van der Waals surface area contributed by atoms with Crippen molar-refractivity contribution in [3.63, 3.8) is 0 Å². The lowest BCUT2D eigenvalue weighted by molar-refractivity contribution is -0.575. The molecule has 2 aromatic carbocycles. The summed E-state index contributed by atoms with van der Waals surface area (Å²) in [4.78, 5) is 0.238. The molecule has 2 N–H and O–H groups in total. The second kappa shape index (κ2) is 9.80. The lowest BCUT2D eigenvalue weighted by Crippen LogP contribution is -2.38. The molecule has 1 heterocycles. The number of benzene rings is 2. The van der Waals surface area contributed by atoms with Crippen LogP contribution < -0.4 is 19.4 Å². The quantitative estimate of drug-likeness (QED) is 0.242. The summed E-state index contributed by atoms with van der Waals surface area (Å²) >= 11 is 5.54. The summed E-state index contributed by atoms with van der Waals surface area (Å²) < 4.78 is 35.8. The molecule has 0 saturated heterocycles. The summed E-state index contributed by atoms with van der Waals surface area (Å²) in [5.41, 5.74) is 1.45. The van der Waals surface area contributed by atoms with Gasteiger partial charge in [-0.2, -0.15) is 13.3 Å². The summed E-state index contributed by atoms with van der Waals surface area (Å²) in [5, 5.41) is 14.0. The molecule has 3 rings (SSSR count). The van der Waals surface area contributed by atoms with Crippen LogP contribution in [0.25, 0.3) is 11.5 Å². The second-order valence-corrected chi connectivity index (χ2v) is 6.47. The van der Waals surface area contributed by atoms with Crippen LogP contribution >= 0.6 is 12.2 Å². The molecule has 0 fully saturated rings. The molecule has 0 aliphatic heterocycles. The zero-order valence-electron chi connectivity index (χ0n) is 16.0. The van der Waals surface area contributed by atoms with Crippen molar-refractivity contribution in [3.8, 4) is 11.5 Å². The van der Waals surface area contributed by atoms with Crippen molar-refractivity contribution in [1.82, 2.24) is 0 Å². The molecular weight excluding hydrogens is 410 g/mol. The average molecular weight is 429 g/mol. The van der Waals surface area contributed by atoms with E-state index in [0.717, 1.165) is 0 Å². The van der Waals surface area contributed by atoms with Gasteiger partial charge in [-0.25, -0.2) is 0 Å². The first-order chi connectivity index (χ1) is 14.5. The van der Waals surface area contributed by atoms with Gasteiger partial charge in [-0.3, -0.25) is 0 Å². The topological polar surface area (TPSA) is 54.6 Å². The molecule has 0 spiro atoms. The molecule has 0 saturated carbocycles. The van der Waals surface area contributed by atoms with Crippen LogP contribution in [0.2, 0.25) is 0 Å². The number of methoxy groups -OCH3 is 1. The smallest absolute Gasteiger partial charge is 0.387 e. The molecule has 0 radical (unpaired) electrons. The Bertz CT molecular complexity index is 1020. The van der Waals surface area contributed by atoms with Gasteiger partial charge in [-0.1, -0.05) is 18.3 Å². The molecule has 5 nitrogen and oxygen atoms in total. The SMILES string of the molecule is COc1ccc(C(O)=C(C(=S)Nc2ccc(OC(F)F)cc2)[n+]2ccccc2)cc1. The van der Waals surface area contributed by atoms with Gasteiger partial charge in [-0.05, 0) is 48.5 Å². The Labute approximate surface area is 177 Å². The van der Waals surface area contributed by atoms with Crippen molar-refractivity contribution in [2.45, 2.75) is 6.61 Å². The standard InChI is InChI=1S/C22H18F2N2O3S/c1-28-17-9-5-15(6-10-17)20(27)19(26-13-3-2-4-14-26)21(30)25-16-7-11-18(12-8-16)29-22(23)24/h2-14,22H,1H3,(H-,25,27,30)/p+1. The van der Waals surface area contributed by atoms with Gasteiger partial charge in [0, 0.05) is 23.4 Å². The van der Waals surface area contributed by atoms with E-state index in [9.17, 15) is 13.9 Å². The zero-order valence-corrected chi connectivity index (χ0v) is 16.8. The van der Waals surface area contributed by atoms with E-state index < -0.39 is 6.61 Å². The van der Waals surface area contributed by atoms with Gasteiger partial charge in [0.15, 0.2) is 23.1 Å². The molecule has 3 aromatic rings. The molecule has 0 aliphatic carbocycles. The largest absolute Gasteiger partial charge is 0.502 e. The zero-order chi connectivity index (χ0) is 21.5. The molecule has 0 atom stereocenters.